The molecule has 3 fully saturated rings. The number of fused-ring (bicyclic) bond motifs is 4. The lowest BCUT2D eigenvalue weighted by Crippen LogP contribution is -2.61. The lowest BCUT2D eigenvalue weighted by Gasteiger charge is -2.55. The van der Waals surface area contributed by atoms with Crippen LogP contribution < -0.4 is 4.90 Å². The summed E-state index contributed by atoms with van der Waals surface area (Å²) in [5, 5.41) is 10.9. The molecule has 4 heterocycles. The maximum atomic E-state index is 4.40. The van der Waals surface area contributed by atoms with Crippen LogP contribution in [0.15, 0.2) is 0 Å². The van der Waals surface area contributed by atoms with Crippen molar-refractivity contribution in [2.45, 2.75) is 64.5 Å². The normalized spacial score (nSPS) is 35.5. The maximum Gasteiger partial charge on any atom is 0.208 e. The van der Waals surface area contributed by atoms with Gasteiger partial charge >= 0.3 is 0 Å². The number of aromatic nitrogens is 2. The van der Waals surface area contributed by atoms with E-state index in [9.17, 15) is 0 Å². The largest absolute Gasteiger partial charge is 0.346 e. The molecule has 3 saturated heterocycles. The van der Waals surface area contributed by atoms with Gasteiger partial charge in [-0.1, -0.05) is 31.1 Å². The predicted octanol–water partition coefficient (Wildman–Crippen LogP) is 3.33. The quantitative estimate of drug-likeness (QED) is 0.855. The first-order chi connectivity index (χ1) is 10.7. The van der Waals surface area contributed by atoms with Crippen LogP contribution in [-0.2, 0) is 0 Å². The van der Waals surface area contributed by atoms with Crippen molar-refractivity contribution < 1.29 is 0 Å². The summed E-state index contributed by atoms with van der Waals surface area (Å²) in [7, 11) is 0. The molecule has 4 atom stereocenters. The van der Waals surface area contributed by atoms with Gasteiger partial charge in [0.05, 0.1) is 0 Å². The average Bonchev–Trinajstić information content (AvgIpc) is 2.95. The van der Waals surface area contributed by atoms with Crippen LogP contribution in [0.2, 0.25) is 0 Å². The van der Waals surface area contributed by atoms with E-state index in [2.05, 4.69) is 33.8 Å². The van der Waals surface area contributed by atoms with Crippen LogP contribution in [0.1, 0.15) is 50.5 Å². The van der Waals surface area contributed by atoms with Crippen LogP contribution in [0.4, 0.5) is 5.13 Å². The van der Waals surface area contributed by atoms with E-state index in [1.807, 2.05) is 0 Å². The molecule has 0 spiro atoms. The van der Waals surface area contributed by atoms with E-state index in [-0.39, 0.29) is 0 Å². The van der Waals surface area contributed by atoms with Crippen LogP contribution in [0.3, 0.4) is 0 Å². The first-order valence-corrected chi connectivity index (χ1v) is 9.87. The second-order valence-corrected chi connectivity index (χ2v) is 8.67. The SMILES string of the molecule is CCC[C@H]1CCC[C@H]2[C@@H]3C[C@@H](CN(c4nnc(C)s4)C3)CN12. The summed E-state index contributed by atoms with van der Waals surface area (Å²) in [6.45, 7) is 8.11. The average molecular weight is 321 g/mol. The van der Waals surface area contributed by atoms with Crippen molar-refractivity contribution in [2.24, 2.45) is 11.8 Å². The first-order valence-electron chi connectivity index (χ1n) is 9.05. The molecule has 4 nitrogen and oxygen atoms in total. The van der Waals surface area contributed by atoms with Crippen molar-refractivity contribution in [1.29, 1.82) is 0 Å². The van der Waals surface area contributed by atoms with Crippen LogP contribution in [0, 0.1) is 18.8 Å². The summed E-state index contributed by atoms with van der Waals surface area (Å²) < 4.78 is 0. The van der Waals surface area contributed by atoms with Gasteiger partial charge in [0.1, 0.15) is 5.01 Å². The van der Waals surface area contributed by atoms with Gasteiger partial charge in [0.2, 0.25) is 5.13 Å². The minimum atomic E-state index is 0.830. The standard InChI is InChI=1S/C17H28N4S/c1-3-5-15-6-4-7-16-14-8-13(10-21(15)16)9-20(11-14)17-19-18-12(2)22-17/h13-16H,3-11H2,1-2H3/t13-,14+,15-,16-/m0/s1. The molecule has 1 aromatic heterocycles. The summed E-state index contributed by atoms with van der Waals surface area (Å²) in [4.78, 5) is 5.44. The lowest BCUT2D eigenvalue weighted by molar-refractivity contribution is -0.0215. The topological polar surface area (TPSA) is 32.3 Å². The number of hydrogen-bond donors (Lipinski definition) is 0. The van der Waals surface area contributed by atoms with E-state index in [1.54, 1.807) is 11.3 Å². The van der Waals surface area contributed by atoms with Crippen molar-refractivity contribution in [3.05, 3.63) is 5.01 Å². The Morgan fingerprint density at radius 3 is 2.86 bits per heavy atom. The molecule has 5 heteroatoms. The Hall–Kier alpha value is -0.680. The highest BCUT2D eigenvalue weighted by Crippen LogP contribution is 2.41. The zero-order chi connectivity index (χ0) is 15.1. The summed E-state index contributed by atoms with van der Waals surface area (Å²) >= 11 is 1.76. The van der Waals surface area contributed by atoms with E-state index < -0.39 is 0 Å². The van der Waals surface area contributed by atoms with Crippen LogP contribution in [0.5, 0.6) is 0 Å². The molecule has 22 heavy (non-hydrogen) atoms. The molecule has 122 valence electrons. The summed E-state index contributed by atoms with van der Waals surface area (Å²) in [6.07, 6.45) is 8.46. The fourth-order valence-corrected chi connectivity index (χ4v) is 5.83. The zero-order valence-electron chi connectivity index (χ0n) is 13.9. The Morgan fingerprint density at radius 2 is 2.09 bits per heavy atom. The van der Waals surface area contributed by atoms with Crippen molar-refractivity contribution in [1.82, 2.24) is 15.1 Å². The lowest BCUT2D eigenvalue weighted by atomic mass is 9.74. The second kappa shape index (κ2) is 6.08. The number of anilines is 1. The molecule has 4 rings (SSSR count). The zero-order valence-corrected chi connectivity index (χ0v) is 14.7. The van der Waals surface area contributed by atoms with E-state index in [0.717, 1.165) is 34.1 Å². The molecule has 0 aliphatic carbocycles. The van der Waals surface area contributed by atoms with Gasteiger partial charge in [-0.2, -0.15) is 0 Å². The third-order valence-corrected chi connectivity index (χ3v) is 6.82. The summed E-state index contributed by atoms with van der Waals surface area (Å²) in [5.41, 5.74) is 0. The molecular weight excluding hydrogens is 292 g/mol. The first kappa shape index (κ1) is 14.9. The molecule has 0 radical (unpaired) electrons. The minimum Gasteiger partial charge on any atom is -0.346 e. The third-order valence-electron chi connectivity index (χ3n) is 5.92. The second-order valence-electron chi connectivity index (χ2n) is 7.51. The fraction of sp³-hybridized carbons (Fsp3) is 0.882. The van der Waals surface area contributed by atoms with Crippen LogP contribution >= 0.6 is 11.3 Å². The molecule has 3 aliphatic heterocycles. The molecule has 0 aromatic carbocycles. The predicted molar refractivity (Wildman–Crippen MR) is 91.5 cm³/mol. The van der Waals surface area contributed by atoms with Gasteiger partial charge in [-0.3, -0.25) is 4.90 Å². The molecule has 0 unspecified atom stereocenters. The van der Waals surface area contributed by atoms with Gasteiger partial charge in [0.15, 0.2) is 0 Å². The van der Waals surface area contributed by atoms with Crippen molar-refractivity contribution in [3.63, 3.8) is 0 Å². The molecule has 0 amide bonds. The Balaban J connectivity index is 1.51. The Bertz CT molecular complexity index is 515. The molecule has 2 bridgehead atoms. The van der Waals surface area contributed by atoms with Gasteiger partial charge in [-0.05, 0) is 44.4 Å². The number of aryl methyl sites for hydroxylation is 1. The van der Waals surface area contributed by atoms with Crippen molar-refractivity contribution >= 4 is 16.5 Å². The molecule has 3 aliphatic rings. The van der Waals surface area contributed by atoms with Gasteiger partial charge in [0, 0.05) is 31.7 Å². The van der Waals surface area contributed by atoms with E-state index in [1.165, 1.54) is 58.2 Å². The molecule has 0 N–H and O–H groups in total. The number of rotatable bonds is 3. The van der Waals surface area contributed by atoms with Crippen LogP contribution in [-0.4, -0.2) is 46.8 Å². The van der Waals surface area contributed by atoms with Crippen LogP contribution in [0.25, 0.3) is 0 Å². The molecule has 0 saturated carbocycles. The van der Waals surface area contributed by atoms with E-state index in [4.69, 9.17) is 0 Å². The molecule has 1 aromatic rings. The Labute approximate surface area is 137 Å². The number of piperidine rings is 3. The maximum absolute atomic E-state index is 4.40. The van der Waals surface area contributed by atoms with Gasteiger partial charge in [0.25, 0.3) is 0 Å². The summed E-state index contributed by atoms with van der Waals surface area (Å²) in [5.74, 6) is 1.67. The number of hydrogen-bond acceptors (Lipinski definition) is 5. The van der Waals surface area contributed by atoms with E-state index >= 15 is 0 Å². The number of nitrogens with zero attached hydrogens (tertiary/aromatic N) is 4. The van der Waals surface area contributed by atoms with Crippen molar-refractivity contribution in [3.8, 4) is 0 Å². The van der Waals surface area contributed by atoms with Crippen molar-refractivity contribution in [2.75, 3.05) is 24.5 Å². The monoisotopic (exact) mass is 320 g/mol. The molecular formula is C17H28N4S. The highest BCUT2D eigenvalue weighted by atomic mass is 32.1. The smallest absolute Gasteiger partial charge is 0.208 e. The summed E-state index contributed by atoms with van der Waals surface area (Å²) in [6, 6.07) is 1.70. The van der Waals surface area contributed by atoms with Gasteiger partial charge < -0.3 is 4.90 Å². The highest BCUT2D eigenvalue weighted by Gasteiger charge is 2.44. The Kier molecular flexibility index (Phi) is 4.11. The van der Waals surface area contributed by atoms with Gasteiger partial charge in [-0.15, -0.1) is 10.2 Å². The minimum absolute atomic E-state index is 0.830. The highest BCUT2D eigenvalue weighted by molar-refractivity contribution is 7.15. The van der Waals surface area contributed by atoms with E-state index in [0.29, 0.717) is 0 Å². The fourth-order valence-electron chi connectivity index (χ4n) is 5.13. The van der Waals surface area contributed by atoms with Gasteiger partial charge in [-0.25, -0.2) is 0 Å². The Morgan fingerprint density at radius 1 is 1.18 bits per heavy atom. The third kappa shape index (κ3) is 2.67.